The SMILES string of the molecule is O=C(O)C(F)(F)F.O=C(O)N1CCN(C2CCN(c3nc(NCC(c4ccccc4)c4ccccc4)c4ncn([C@@H]5O[C@H](CO)[C@@H](O)[C@H]5O)c4n3)C2)CC1. The van der Waals surface area contributed by atoms with E-state index in [4.69, 9.17) is 24.6 Å². The van der Waals surface area contributed by atoms with Crippen LogP contribution in [0, 0.1) is 0 Å². The highest BCUT2D eigenvalue weighted by Crippen LogP contribution is 2.34. The van der Waals surface area contributed by atoms with Crippen LogP contribution in [-0.2, 0) is 9.53 Å². The molecule has 19 heteroatoms. The number of rotatable bonds is 9. The van der Waals surface area contributed by atoms with E-state index in [1.807, 2.05) is 36.4 Å². The number of ether oxygens (including phenoxy) is 1. The Morgan fingerprint density at radius 1 is 0.907 bits per heavy atom. The van der Waals surface area contributed by atoms with E-state index in [2.05, 4.69) is 44.4 Å². The number of hydrogen-bond donors (Lipinski definition) is 6. The number of aliphatic carboxylic acids is 1. The average molecular weight is 759 g/mol. The Morgan fingerprint density at radius 3 is 2.06 bits per heavy atom. The molecule has 0 spiro atoms. The Bertz CT molecular complexity index is 1840. The van der Waals surface area contributed by atoms with Crippen molar-refractivity contribution in [2.24, 2.45) is 0 Å². The fourth-order valence-electron chi connectivity index (χ4n) is 6.96. The number of carbonyl (C=O) groups is 2. The lowest BCUT2D eigenvalue weighted by Crippen LogP contribution is -2.52. The van der Waals surface area contributed by atoms with Gasteiger partial charge in [0.1, 0.15) is 18.3 Å². The van der Waals surface area contributed by atoms with Crippen molar-refractivity contribution in [3.63, 3.8) is 0 Å². The highest BCUT2D eigenvalue weighted by Gasteiger charge is 2.44. The van der Waals surface area contributed by atoms with Crippen molar-refractivity contribution in [2.45, 2.75) is 49.1 Å². The third kappa shape index (κ3) is 8.49. The third-order valence-corrected chi connectivity index (χ3v) is 9.87. The molecule has 0 saturated carbocycles. The summed E-state index contributed by atoms with van der Waals surface area (Å²) in [6.45, 7) is 3.79. The van der Waals surface area contributed by atoms with Crippen molar-refractivity contribution in [2.75, 3.05) is 62.6 Å². The van der Waals surface area contributed by atoms with Gasteiger partial charge in [-0.3, -0.25) is 9.47 Å². The lowest BCUT2D eigenvalue weighted by atomic mass is 9.91. The van der Waals surface area contributed by atoms with Gasteiger partial charge >= 0.3 is 18.2 Å². The molecule has 2 aromatic carbocycles. The van der Waals surface area contributed by atoms with Gasteiger partial charge in [0.15, 0.2) is 23.2 Å². The van der Waals surface area contributed by atoms with Gasteiger partial charge in [-0.1, -0.05) is 60.7 Å². The van der Waals surface area contributed by atoms with Crippen LogP contribution < -0.4 is 10.2 Å². The topological polar surface area (TPSA) is 210 Å². The van der Waals surface area contributed by atoms with Crippen molar-refractivity contribution in [1.29, 1.82) is 0 Å². The number of carboxylic acid groups (broad SMARTS) is 2. The lowest BCUT2D eigenvalue weighted by Gasteiger charge is -2.36. The summed E-state index contributed by atoms with van der Waals surface area (Å²) in [5, 5.41) is 51.1. The quantitative estimate of drug-likeness (QED) is 0.145. The van der Waals surface area contributed by atoms with Gasteiger partial charge in [0.2, 0.25) is 5.95 Å². The van der Waals surface area contributed by atoms with Crippen molar-refractivity contribution >= 4 is 35.0 Å². The molecule has 3 fully saturated rings. The van der Waals surface area contributed by atoms with Gasteiger partial charge in [-0.25, -0.2) is 14.6 Å². The van der Waals surface area contributed by atoms with Gasteiger partial charge in [0, 0.05) is 57.8 Å². The second kappa shape index (κ2) is 16.5. The molecule has 4 aromatic rings. The molecule has 3 aliphatic heterocycles. The Hall–Kier alpha value is -5.08. The number of imidazole rings is 1. The van der Waals surface area contributed by atoms with Crippen molar-refractivity contribution in [3.05, 3.63) is 78.1 Å². The van der Waals surface area contributed by atoms with E-state index in [1.54, 1.807) is 4.57 Å². The normalized spacial score (nSPS) is 23.4. The number of piperazine rings is 1. The number of fused-ring (bicyclic) bond motifs is 1. The largest absolute Gasteiger partial charge is 0.490 e. The Kier molecular flexibility index (Phi) is 11.8. The number of anilines is 2. The molecule has 290 valence electrons. The molecule has 6 N–H and O–H groups in total. The summed E-state index contributed by atoms with van der Waals surface area (Å²) in [7, 11) is 0. The smallest absolute Gasteiger partial charge is 0.475 e. The van der Waals surface area contributed by atoms with Crippen molar-refractivity contribution < 1.29 is 53.0 Å². The molecule has 7 rings (SSSR count). The van der Waals surface area contributed by atoms with Crippen LogP contribution >= 0.6 is 0 Å². The van der Waals surface area contributed by atoms with Gasteiger partial charge in [-0.2, -0.15) is 23.1 Å². The summed E-state index contributed by atoms with van der Waals surface area (Å²) in [6, 6.07) is 20.8. The van der Waals surface area contributed by atoms with Gasteiger partial charge in [0.05, 0.1) is 12.9 Å². The zero-order chi connectivity index (χ0) is 38.6. The second-order valence-corrected chi connectivity index (χ2v) is 13.2. The first-order chi connectivity index (χ1) is 25.8. The molecular weight excluding hydrogens is 717 g/mol. The monoisotopic (exact) mass is 758 g/mol. The summed E-state index contributed by atoms with van der Waals surface area (Å²) >= 11 is 0. The molecule has 16 nitrogen and oxygen atoms in total. The summed E-state index contributed by atoms with van der Waals surface area (Å²) in [4.78, 5) is 40.8. The van der Waals surface area contributed by atoms with E-state index in [0.29, 0.717) is 68.7 Å². The Balaban J connectivity index is 0.000000649. The molecule has 0 aliphatic carbocycles. The highest BCUT2D eigenvalue weighted by molar-refractivity contribution is 5.84. The fraction of sp³-hybridized carbons (Fsp3) is 0.457. The van der Waals surface area contributed by atoms with E-state index in [1.165, 1.54) is 11.2 Å². The number of nitrogens with one attached hydrogen (secondary N) is 1. The number of amides is 1. The highest BCUT2D eigenvalue weighted by atomic mass is 19.4. The molecule has 1 amide bonds. The number of halogens is 3. The summed E-state index contributed by atoms with van der Waals surface area (Å²) < 4.78 is 39.2. The zero-order valence-electron chi connectivity index (χ0n) is 28.9. The number of aliphatic hydroxyl groups excluding tert-OH is 3. The molecule has 0 radical (unpaired) electrons. The lowest BCUT2D eigenvalue weighted by molar-refractivity contribution is -0.192. The van der Waals surface area contributed by atoms with Crippen LogP contribution in [0.5, 0.6) is 0 Å². The Morgan fingerprint density at radius 2 is 1.52 bits per heavy atom. The molecule has 1 unspecified atom stereocenters. The molecule has 2 aromatic heterocycles. The van der Waals surface area contributed by atoms with E-state index < -0.39 is 49.4 Å². The van der Waals surface area contributed by atoms with Crippen LogP contribution in [0.15, 0.2) is 67.0 Å². The number of alkyl halides is 3. The number of hydrogen-bond acceptors (Lipinski definition) is 12. The predicted octanol–water partition coefficient (Wildman–Crippen LogP) is 2.19. The number of carboxylic acids is 1. The van der Waals surface area contributed by atoms with Crippen LogP contribution in [0.3, 0.4) is 0 Å². The molecule has 5 heterocycles. The number of nitrogens with zero attached hydrogens (tertiary/aromatic N) is 7. The maximum Gasteiger partial charge on any atom is 0.490 e. The molecule has 3 saturated heterocycles. The summed E-state index contributed by atoms with van der Waals surface area (Å²) in [5.41, 5.74) is 3.23. The van der Waals surface area contributed by atoms with E-state index in [0.717, 1.165) is 17.5 Å². The van der Waals surface area contributed by atoms with Gasteiger partial charge in [-0.05, 0) is 17.5 Å². The molecule has 3 aliphatic rings. The van der Waals surface area contributed by atoms with E-state index in [9.17, 15) is 38.4 Å². The van der Waals surface area contributed by atoms with E-state index in [-0.39, 0.29) is 12.0 Å². The number of aliphatic hydroxyl groups is 3. The number of benzene rings is 2. The van der Waals surface area contributed by atoms with Crippen LogP contribution in [0.1, 0.15) is 29.7 Å². The van der Waals surface area contributed by atoms with E-state index >= 15 is 0 Å². The second-order valence-electron chi connectivity index (χ2n) is 13.2. The third-order valence-electron chi connectivity index (χ3n) is 9.87. The summed E-state index contributed by atoms with van der Waals surface area (Å²) in [5.74, 6) is -1.71. The first kappa shape index (κ1) is 38.6. The van der Waals surface area contributed by atoms with Gasteiger partial charge in [-0.15, -0.1) is 0 Å². The average Bonchev–Trinajstić information content (AvgIpc) is 3.90. The first-order valence-electron chi connectivity index (χ1n) is 17.3. The van der Waals surface area contributed by atoms with Gasteiger partial charge < -0.3 is 45.4 Å². The minimum absolute atomic E-state index is 0.0223. The number of aromatic nitrogens is 4. The van der Waals surface area contributed by atoms with Crippen LogP contribution in [0.4, 0.5) is 29.7 Å². The Labute approximate surface area is 307 Å². The van der Waals surface area contributed by atoms with Crippen LogP contribution in [0.25, 0.3) is 11.2 Å². The first-order valence-corrected chi connectivity index (χ1v) is 17.3. The standard InChI is InChI=1S/C33H40N8O6.C2HF3O2/c42-19-25-27(43)28(44)31(47-25)41-20-35-26-29(34-17-24(21-7-3-1-4-8-21)22-9-5-2-6-10-22)36-32(37-30(26)41)40-12-11-23(18-40)38-13-15-39(16-14-38)33(45)46;3-2(4,5)1(6)7/h1-10,20,23-25,27-28,31,42-44H,11-19H2,(H,45,46)(H,34,36,37);(H,6,7)/t23?,25-,27-,28-,31-;/m1./s1. The van der Waals surface area contributed by atoms with Gasteiger partial charge in [0.25, 0.3) is 0 Å². The van der Waals surface area contributed by atoms with Crippen molar-refractivity contribution in [1.82, 2.24) is 29.3 Å². The molecule has 0 bridgehead atoms. The van der Waals surface area contributed by atoms with Crippen LogP contribution in [0.2, 0.25) is 0 Å². The molecule has 5 atom stereocenters. The van der Waals surface area contributed by atoms with Crippen LogP contribution in [-0.4, -0.2) is 150 Å². The maximum atomic E-state index is 11.4. The predicted molar refractivity (Wildman–Crippen MR) is 187 cm³/mol. The maximum absolute atomic E-state index is 11.4. The minimum Gasteiger partial charge on any atom is -0.475 e. The minimum atomic E-state index is -5.08. The van der Waals surface area contributed by atoms with Crippen molar-refractivity contribution in [3.8, 4) is 0 Å². The summed E-state index contributed by atoms with van der Waals surface area (Å²) in [6.07, 6.45) is -8.05. The molecular formula is C35H41F3N8O8. The zero-order valence-corrected chi connectivity index (χ0v) is 28.9. The fourth-order valence-corrected chi connectivity index (χ4v) is 6.96. The molecule has 54 heavy (non-hydrogen) atoms.